The molecular weight excluding hydrogens is 414 g/mol. The number of fused-ring (bicyclic) bond motifs is 1. The van der Waals surface area contributed by atoms with Crippen molar-refractivity contribution < 1.29 is 4.79 Å². The molecule has 0 aliphatic rings. The van der Waals surface area contributed by atoms with Gasteiger partial charge in [-0.1, -0.05) is 60.7 Å². The number of nitrogens with zero attached hydrogens (tertiary/aromatic N) is 2. The minimum Gasteiger partial charge on any atom is -0.322 e. The SMILES string of the molecule is O=C(/C=C/c1cn(Cc2ccccc2)nc1-c1ccccc1)Nc1ccc2[nH]c(=O)[nH]c2c1. The van der Waals surface area contributed by atoms with Gasteiger partial charge in [-0.2, -0.15) is 5.10 Å². The van der Waals surface area contributed by atoms with Gasteiger partial charge in [-0.05, 0) is 29.8 Å². The number of hydrogen-bond acceptors (Lipinski definition) is 3. The number of hydrogen-bond donors (Lipinski definition) is 3. The minimum atomic E-state index is -0.283. The number of H-pyrrole nitrogens is 2. The number of nitrogens with one attached hydrogen (secondary N) is 3. The Morgan fingerprint density at radius 2 is 1.67 bits per heavy atom. The van der Waals surface area contributed by atoms with Gasteiger partial charge < -0.3 is 15.3 Å². The number of aromatic amines is 2. The second-order valence-electron chi connectivity index (χ2n) is 7.64. The summed E-state index contributed by atoms with van der Waals surface area (Å²) in [6.45, 7) is 0.635. The molecule has 0 fully saturated rings. The van der Waals surface area contributed by atoms with Crippen molar-refractivity contribution in [3.05, 3.63) is 113 Å². The van der Waals surface area contributed by atoms with E-state index in [4.69, 9.17) is 5.10 Å². The van der Waals surface area contributed by atoms with Crippen LogP contribution >= 0.6 is 0 Å². The lowest BCUT2D eigenvalue weighted by Crippen LogP contribution is -2.07. The van der Waals surface area contributed by atoms with Crippen LogP contribution in [0.1, 0.15) is 11.1 Å². The number of rotatable bonds is 6. The fourth-order valence-corrected chi connectivity index (χ4v) is 3.69. The molecule has 5 rings (SSSR count). The maximum Gasteiger partial charge on any atom is 0.323 e. The molecule has 162 valence electrons. The first kappa shape index (κ1) is 20.3. The van der Waals surface area contributed by atoms with Gasteiger partial charge in [-0.3, -0.25) is 9.48 Å². The summed E-state index contributed by atoms with van der Waals surface area (Å²) in [4.78, 5) is 29.4. The van der Waals surface area contributed by atoms with Crippen molar-refractivity contribution >= 4 is 28.7 Å². The van der Waals surface area contributed by atoms with Crippen molar-refractivity contribution in [1.82, 2.24) is 19.7 Å². The van der Waals surface area contributed by atoms with E-state index in [9.17, 15) is 9.59 Å². The summed E-state index contributed by atoms with van der Waals surface area (Å²) in [5, 5.41) is 7.60. The van der Waals surface area contributed by atoms with Crippen molar-refractivity contribution in [2.45, 2.75) is 6.54 Å². The molecule has 0 saturated heterocycles. The highest BCUT2D eigenvalue weighted by molar-refractivity contribution is 6.03. The molecule has 0 saturated carbocycles. The number of carbonyl (C=O) groups excluding carboxylic acids is 1. The molecule has 0 bridgehead atoms. The summed E-state index contributed by atoms with van der Waals surface area (Å²) in [5.74, 6) is -0.276. The third-order valence-corrected chi connectivity index (χ3v) is 5.22. The molecule has 7 nitrogen and oxygen atoms in total. The van der Waals surface area contributed by atoms with E-state index in [1.54, 1.807) is 24.3 Å². The highest BCUT2D eigenvalue weighted by atomic mass is 16.1. The Balaban J connectivity index is 1.39. The Labute approximate surface area is 189 Å². The highest BCUT2D eigenvalue weighted by Gasteiger charge is 2.10. The van der Waals surface area contributed by atoms with E-state index in [1.807, 2.05) is 59.4 Å². The lowest BCUT2D eigenvalue weighted by atomic mass is 10.1. The van der Waals surface area contributed by atoms with Crippen molar-refractivity contribution in [2.24, 2.45) is 0 Å². The number of aromatic nitrogens is 4. The molecule has 33 heavy (non-hydrogen) atoms. The van der Waals surface area contributed by atoms with Gasteiger partial charge in [-0.25, -0.2) is 4.79 Å². The molecule has 0 radical (unpaired) electrons. The summed E-state index contributed by atoms with van der Waals surface area (Å²) in [5.41, 5.74) is 5.41. The molecule has 0 aliphatic carbocycles. The Bertz CT molecular complexity index is 1490. The standard InChI is InChI=1S/C26H21N5O2/c32-24(27-21-12-13-22-23(15-21)29-26(33)28-22)14-11-20-17-31(16-18-7-3-1-4-8-18)30-25(20)19-9-5-2-6-10-19/h1-15,17H,16H2,(H,27,32)(H2,28,29,33)/b14-11+. The van der Waals surface area contributed by atoms with Crippen LogP contribution in [-0.2, 0) is 11.3 Å². The van der Waals surface area contributed by atoms with Crippen molar-refractivity contribution in [2.75, 3.05) is 5.32 Å². The second-order valence-corrected chi connectivity index (χ2v) is 7.64. The Hall–Kier alpha value is -4.65. The average Bonchev–Trinajstić information content (AvgIpc) is 3.40. The number of amides is 1. The van der Waals surface area contributed by atoms with Crippen LogP contribution in [0.25, 0.3) is 28.4 Å². The van der Waals surface area contributed by atoms with E-state index >= 15 is 0 Å². The van der Waals surface area contributed by atoms with Crippen molar-refractivity contribution in [3.63, 3.8) is 0 Å². The summed E-state index contributed by atoms with van der Waals surface area (Å²) in [7, 11) is 0. The zero-order chi connectivity index (χ0) is 22.6. The fraction of sp³-hybridized carbons (Fsp3) is 0.0385. The molecule has 0 aliphatic heterocycles. The molecule has 0 atom stereocenters. The normalized spacial score (nSPS) is 11.3. The third kappa shape index (κ3) is 4.67. The molecule has 2 aromatic heterocycles. The molecule has 3 aromatic carbocycles. The van der Waals surface area contributed by atoms with Crippen LogP contribution < -0.4 is 11.0 Å². The first-order valence-electron chi connectivity index (χ1n) is 10.5. The van der Waals surface area contributed by atoms with Gasteiger partial charge in [0, 0.05) is 29.1 Å². The smallest absolute Gasteiger partial charge is 0.322 e. The van der Waals surface area contributed by atoms with E-state index in [0.29, 0.717) is 23.3 Å². The predicted molar refractivity (Wildman–Crippen MR) is 130 cm³/mol. The van der Waals surface area contributed by atoms with Crippen LogP contribution in [0, 0.1) is 0 Å². The number of carbonyl (C=O) groups is 1. The molecule has 2 heterocycles. The molecular formula is C26H21N5O2. The van der Waals surface area contributed by atoms with Crippen LogP contribution in [0.4, 0.5) is 5.69 Å². The second kappa shape index (κ2) is 8.84. The van der Waals surface area contributed by atoms with E-state index in [2.05, 4.69) is 27.4 Å². The monoisotopic (exact) mass is 435 g/mol. The summed E-state index contributed by atoms with van der Waals surface area (Å²) in [6, 6.07) is 25.2. The van der Waals surface area contributed by atoms with Crippen molar-refractivity contribution in [1.29, 1.82) is 0 Å². The Kier molecular flexibility index (Phi) is 5.43. The van der Waals surface area contributed by atoms with Gasteiger partial charge >= 0.3 is 5.69 Å². The molecule has 0 unspecified atom stereocenters. The lowest BCUT2D eigenvalue weighted by Gasteiger charge is -2.02. The minimum absolute atomic E-state index is 0.276. The summed E-state index contributed by atoms with van der Waals surface area (Å²) in [6.07, 6.45) is 5.19. The van der Waals surface area contributed by atoms with Gasteiger partial charge in [0.25, 0.3) is 0 Å². The third-order valence-electron chi connectivity index (χ3n) is 5.22. The van der Waals surface area contributed by atoms with Gasteiger partial charge in [0.2, 0.25) is 5.91 Å². The zero-order valence-corrected chi connectivity index (χ0v) is 17.7. The quantitative estimate of drug-likeness (QED) is 0.345. The topological polar surface area (TPSA) is 95.6 Å². The van der Waals surface area contributed by atoms with Crippen molar-refractivity contribution in [3.8, 4) is 11.3 Å². The van der Waals surface area contributed by atoms with E-state index in [0.717, 1.165) is 22.4 Å². The molecule has 7 heteroatoms. The van der Waals surface area contributed by atoms with E-state index < -0.39 is 0 Å². The van der Waals surface area contributed by atoms with Crippen LogP contribution in [0.2, 0.25) is 0 Å². The number of imidazole rings is 1. The fourth-order valence-electron chi connectivity index (χ4n) is 3.69. The highest BCUT2D eigenvalue weighted by Crippen LogP contribution is 2.24. The predicted octanol–water partition coefficient (Wildman–Crippen LogP) is 4.42. The largest absolute Gasteiger partial charge is 0.323 e. The lowest BCUT2D eigenvalue weighted by molar-refractivity contribution is -0.111. The average molecular weight is 435 g/mol. The van der Waals surface area contributed by atoms with Crippen LogP contribution in [-0.4, -0.2) is 25.7 Å². The molecule has 5 aromatic rings. The van der Waals surface area contributed by atoms with E-state index in [-0.39, 0.29) is 11.6 Å². The zero-order valence-electron chi connectivity index (χ0n) is 17.7. The van der Waals surface area contributed by atoms with Crippen LogP contribution in [0.5, 0.6) is 0 Å². The van der Waals surface area contributed by atoms with Crippen LogP contribution in [0.15, 0.2) is 95.9 Å². The number of anilines is 1. The van der Waals surface area contributed by atoms with E-state index in [1.165, 1.54) is 6.08 Å². The maximum atomic E-state index is 12.6. The maximum absolute atomic E-state index is 12.6. The van der Waals surface area contributed by atoms with Gasteiger partial charge in [0.15, 0.2) is 0 Å². The Morgan fingerprint density at radius 3 is 2.45 bits per heavy atom. The Morgan fingerprint density at radius 1 is 0.939 bits per heavy atom. The van der Waals surface area contributed by atoms with Crippen LogP contribution in [0.3, 0.4) is 0 Å². The molecule has 0 spiro atoms. The summed E-state index contributed by atoms with van der Waals surface area (Å²) < 4.78 is 1.88. The first-order valence-corrected chi connectivity index (χ1v) is 10.5. The van der Waals surface area contributed by atoms with Gasteiger partial charge in [-0.15, -0.1) is 0 Å². The number of benzene rings is 3. The first-order chi connectivity index (χ1) is 16.1. The van der Waals surface area contributed by atoms with Gasteiger partial charge in [0.1, 0.15) is 0 Å². The van der Waals surface area contributed by atoms with Gasteiger partial charge in [0.05, 0.1) is 23.3 Å². The molecule has 1 amide bonds. The summed E-state index contributed by atoms with van der Waals surface area (Å²) >= 11 is 0. The molecule has 3 N–H and O–H groups in total.